The highest BCUT2D eigenvalue weighted by Crippen LogP contribution is 2.22. The van der Waals surface area contributed by atoms with E-state index in [4.69, 9.17) is 23.2 Å². The SMILES string of the molecule is CC1CCN(CCC(=O)c2ccc(Cl)cc2Cl)CC1. The number of ketones is 1. The molecule has 104 valence electrons. The number of likely N-dealkylation sites (tertiary alicyclic amines) is 1. The van der Waals surface area contributed by atoms with Crippen molar-refractivity contribution in [2.75, 3.05) is 19.6 Å². The summed E-state index contributed by atoms with van der Waals surface area (Å²) in [7, 11) is 0. The fourth-order valence-electron chi connectivity index (χ4n) is 2.40. The van der Waals surface area contributed by atoms with E-state index in [0.717, 1.165) is 25.6 Å². The van der Waals surface area contributed by atoms with Crippen molar-refractivity contribution in [3.05, 3.63) is 33.8 Å². The van der Waals surface area contributed by atoms with Crippen molar-refractivity contribution >= 4 is 29.0 Å². The summed E-state index contributed by atoms with van der Waals surface area (Å²) in [6.45, 7) is 5.31. The van der Waals surface area contributed by atoms with E-state index in [2.05, 4.69) is 11.8 Å². The molecule has 1 fully saturated rings. The third kappa shape index (κ3) is 4.20. The lowest BCUT2D eigenvalue weighted by molar-refractivity contribution is 0.0953. The molecule has 0 saturated carbocycles. The second kappa shape index (κ2) is 6.74. The van der Waals surface area contributed by atoms with Crippen molar-refractivity contribution < 1.29 is 4.79 Å². The van der Waals surface area contributed by atoms with Crippen LogP contribution in [-0.4, -0.2) is 30.3 Å². The summed E-state index contributed by atoms with van der Waals surface area (Å²) in [5.74, 6) is 0.915. The predicted molar refractivity (Wildman–Crippen MR) is 80.2 cm³/mol. The molecule has 0 unspecified atom stereocenters. The maximum atomic E-state index is 12.1. The maximum Gasteiger partial charge on any atom is 0.165 e. The van der Waals surface area contributed by atoms with Crippen LogP contribution in [0.3, 0.4) is 0 Å². The van der Waals surface area contributed by atoms with Crippen LogP contribution >= 0.6 is 23.2 Å². The second-order valence-electron chi connectivity index (χ2n) is 5.32. The Morgan fingerprint density at radius 3 is 2.63 bits per heavy atom. The van der Waals surface area contributed by atoms with Gasteiger partial charge in [-0.1, -0.05) is 30.1 Å². The molecule has 0 radical (unpaired) electrons. The molecule has 1 aromatic rings. The Hall–Kier alpha value is -0.570. The van der Waals surface area contributed by atoms with E-state index in [1.54, 1.807) is 18.2 Å². The minimum Gasteiger partial charge on any atom is -0.303 e. The molecule has 0 spiro atoms. The monoisotopic (exact) mass is 299 g/mol. The molecule has 2 rings (SSSR count). The molecule has 1 aromatic carbocycles. The van der Waals surface area contributed by atoms with Crippen LogP contribution in [0.5, 0.6) is 0 Å². The Balaban J connectivity index is 1.87. The van der Waals surface area contributed by atoms with E-state index in [-0.39, 0.29) is 5.78 Å². The largest absolute Gasteiger partial charge is 0.303 e. The van der Waals surface area contributed by atoms with E-state index in [0.29, 0.717) is 22.0 Å². The molecule has 1 heterocycles. The summed E-state index contributed by atoms with van der Waals surface area (Å²) < 4.78 is 0. The van der Waals surface area contributed by atoms with Gasteiger partial charge in [0.15, 0.2) is 5.78 Å². The zero-order chi connectivity index (χ0) is 13.8. The maximum absolute atomic E-state index is 12.1. The third-order valence-corrected chi connectivity index (χ3v) is 4.31. The van der Waals surface area contributed by atoms with Gasteiger partial charge >= 0.3 is 0 Å². The highest BCUT2D eigenvalue weighted by Gasteiger charge is 2.17. The fraction of sp³-hybridized carbons (Fsp3) is 0.533. The summed E-state index contributed by atoms with van der Waals surface area (Å²) in [4.78, 5) is 14.5. The highest BCUT2D eigenvalue weighted by molar-refractivity contribution is 6.36. The van der Waals surface area contributed by atoms with Crippen LogP contribution in [0.15, 0.2) is 18.2 Å². The van der Waals surface area contributed by atoms with Gasteiger partial charge in [0, 0.05) is 23.6 Å². The molecule has 0 atom stereocenters. The average molecular weight is 300 g/mol. The molecule has 1 aliphatic heterocycles. The number of Topliss-reactive ketones (excluding diaryl/α,β-unsaturated/α-hetero) is 1. The number of halogens is 2. The number of carbonyl (C=O) groups is 1. The van der Waals surface area contributed by atoms with Gasteiger partial charge in [0.05, 0.1) is 5.02 Å². The van der Waals surface area contributed by atoms with Gasteiger partial charge < -0.3 is 4.90 Å². The molecule has 0 aliphatic carbocycles. The van der Waals surface area contributed by atoms with Gasteiger partial charge in [-0.05, 0) is 50.0 Å². The van der Waals surface area contributed by atoms with Crippen LogP contribution in [0.2, 0.25) is 10.0 Å². The zero-order valence-corrected chi connectivity index (χ0v) is 12.7. The lowest BCUT2D eigenvalue weighted by Gasteiger charge is -2.29. The molecular weight excluding hydrogens is 281 g/mol. The van der Waals surface area contributed by atoms with Crippen LogP contribution in [0, 0.1) is 5.92 Å². The van der Waals surface area contributed by atoms with Crippen molar-refractivity contribution in [3.8, 4) is 0 Å². The van der Waals surface area contributed by atoms with E-state index < -0.39 is 0 Å². The van der Waals surface area contributed by atoms with Gasteiger partial charge in [-0.15, -0.1) is 0 Å². The summed E-state index contributed by atoms with van der Waals surface area (Å²) in [6, 6.07) is 5.05. The van der Waals surface area contributed by atoms with Gasteiger partial charge in [0.1, 0.15) is 0 Å². The Morgan fingerprint density at radius 2 is 2.00 bits per heavy atom. The first-order valence-corrected chi connectivity index (χ1v) is 7.52. The molecular formula is C15H19Cl2NO. The smallest absolute Gasteiger partial charge is 0.165 e. The number of piperidine rings is 1. The van der Waals surface area contributed by atoms with Crippen molar-refractivity contribution in [1.29, 1.82) is 0 Å². The van der Waals surface area contributed by atoms with Gasteiger partial charge in [0.2, 0.25) is 0 Å². The first-order valence-electron chi connectivity index (χ1n) is 6.77. The van der Waals surface area contributed by atoms with Crippen LogP contribution in [-0.2, 0) is 0 Å². The topological polar surface area (TPSA) is 20.3 Å². The van der Waals surface area contributed by atoms with Crippen molar-refractivity contribution in [2.24, 2.45) is 5.92 Å². The van der Waals surface area contributed by atoms with Gasteiger partial charge in [-0.25, -0.2) is 0 Å². The van der Waals surface area contributed by atoms with Crippen molar-refractivity contribution in [2.45, 2.75) is 26.2 Å². The summed E-state index contributed by atoms with van der Waals surface area (Å²) >= 11 is 11.9. The first kappa shape index (κ1) is 14.8. The third-order valence-electron chi connectivity index (χ3n) is 3.76. The average Bonchev–Trinajstić information content (AvgIpc) is 2.37. The number of benzene rings is 1. The Bertz CT molecular complexity index is 453. The Kier molecular flexibility index (Phi) is 5.26. The normalized spacial score (nSPS) is 17.6. The minimum absolute atomic E-state index is 0.0975. The Morgan fingerprint density at radius 1 is 1.32 bits per heavy atom. The molecule has 0 N–H and O–H groups in total. The van der Waals surface area contributed by atoms with Gasteiger partial charge in [-0.2, -0.15) is 0 Å². The number of hydrogen-bond acceptors (Lipinski definition) is 2. The molecule has 1 saturated heterocycles. The van der Waals surface area contributed by atoms with Crippen LogP contribution in [0.25, 0.3) is 0 Å². The molecule has 4 heteroatoms. The zero-order valence-electron chi connectivity index (χ0n) is 11.2. The lowest BCUT2D eigenvalue weighted by atomic mass is 9.99. The molecule has 19 heavy (non-hydrogen) atoms. The summed E-state index contributed by atoms with van der Waals surface area (Å²) in [6.07, 6.45) is 2.99. The lowest BCUT2D eigenvalue weighted by Crippen LogP contribution is -2.34. The van der Waals surface area contributed by atoms with Crippen molar-refractivity contribution in [1.82, 2.24) is 4.90 Å². The van der Waals surface area contributed by atoms with E-state index in [1.807, 2.05) is 0 Å². The van der Waals surface area contributed by atoms with Crippen LogP contribution in [0.4, 0.5) is 0 Å². The van der Waals surface area contributed by atoms with E-state index in [1.165, 1.54) is 12.8 Å². The van der Waals surface area contributed by atoms with Crippen molar-refractivity contribution in [3.63, 3.8) is 0 Å². The number of rotatable bonds is 4. The molecule has 2 nitrogen and oxygen atoms in total. The number of hydrogen-bond donors (Lipinski definition) is 0. The van der Waals surface area contributed by atoms with Gasteiger partial charge in [-0.3, -0.25) is 4.79 Å². The predicted octanol–water partition coefficient (Wildman–Crippen LogP) is 4.30. The minimum atomic E-state index is 0.0975. The van der Waals surface area contributed by atoms with E-state index >= 15 is 0 Å². The summed E-state index contributed by atoms with van der Waals surface area (Å²) in [5, 5.41) is 1.01. The number of nitrogens with zero attached hydrogens (tertiary/aromatic N) is 1. The van der Waals surface area contributed by atoms with Gasteiger partial charge in [0.25, 0.3) is 0 Å². The first-order chi connectivity index (χ1) is 9.06. The number of carbonyl (C=O) groups excluding carboxylic acids is 1. The quantitative estimate of drug-likeness (QED) is 0.773. The molecule has 0 aromatic heterocycles. The standard InChI is InChI=1S/C15H19Cl2NO/c1-11-4-7-18(8-5-11)9-6-15(19)13-3-2-12(16)10-14(13)17/h2-3,10-11H,4-9H2,1H3. The molecule has 0 bridgehead atoms. The van der Waals surface area contributed by atoms with Crippen LogP contribution < -0.4 is 0 Å². The molecule has 0 amide bonds. The molecule has 1 aliphatic rings. The van der Waals surface area contributed by atoms with E-state index in [9.17, 15) is 4.79 Å². The highest BCUT2D eigenvalue weighted by atomic mass is 35.5. The summed E-state index contributed by atoms with van der Waals surface area (Å²) in [5.41, 5.74) is 0.580. The second-order valence-corrected chi connectivity index (χ2v) is 6.17. The Labute approximate surface area is 124 Å². The fourth-order valence-corrected chi connectivity index (χ4v) is 2.91. The van der Waals surface area contributed by atoms with Crippen LogP contribution in [0.1, 0.15) is 36.5 Å².